The average Bonchev–Trinajstić information content (AvgIpc) is 0.743. The van der Waals surface area contributed by atoms with Gasteiger partial charge in [-0.2, -0.15) is 11.8 Å². The van der Waals surface area contributed by atoms with E-state index in [0.29, 0.717) is 42.1 Å². The highest BCUT2D eigenvalue weighted by Gasteiger charge is 2.52. The molecule has 0 aromatic heterocycles. The van der Waals surface area contributed by atoms with Crippen molar-refractivity contribution in [1.82, 2.24) is 36.8 Å². The molecule has 0 bridgehead atoms. The van der Waals surface area contributed by atoms with Crippen LogP contribution in [-0.4, -0.2) is 155 Å². The van der Waals surface area contributed by atoms with Gasteiger partial charge in [-0.15, -0.1) is 0 Å². The minimum Gasteiger partial charge on any atom is -0.534 e. The molecule has 0 aliphatic rings. The summed E-state index contributed by atoms with van der Waals surface area (Å²) in [5.41, 5.74) is 0.0482. The van der Waals surface area contributed by atoms with Gasteiger partial charge in [0.15, 0.2) is 8.32 Å². The summed E-state index contributed by atoms with van der Waals surface area (Å²) in [5, 5.41) is 18.2. The molecule has 560 valence electrons. The number of carbonyl (C=O) groups excluding carboxylic acids is 9. The van der Waals surface area contributed by atoms with E-state index in [0.717, 1.165) is 23.2 Å². The summed E-state index contributed by atoms with van der Waals surface area (Å²) >= 11 is 1.44. The van der Waals surface area contributed by atoms with Crippen molar-refractivity contribution in [1.29, 1.82) is 0 Å². The fourth-order valence-electron chi connectivity index (χ4n) is 11.1. The van der Waals surface area contributed by atoms with E-state index in [2.05, 4.69) is 117 Å². The molecule has 6 N–H and O–H groups in total. The van der Waals surface area contributed by atoms with E-state index in [-0.39, 0.29) is 60.4 Å². The van der Waals surface area contributed by atoms with Crippen LogP contribution in [-0.2, 0) is 69.8 Å². The number of unbranched alkanes of at least 4 members (excludes halogenated alkanes) is 2. The molecule has 0 unspecified atom stereocenters. The zero-order chi connectivity index (χ0) is 76.2. The third kappa shape index (κ3) is 26.6. The summed E-state index contributed by atoms with van der Waals surface area (Å²) in [6, 6.07) is 28.4. The smallest absolute Gasteiger partial charge is 0.408 e. The van der Waals surface area contributed by atoms with E-state index < -0.39 is 118 Å². The van der Waals surface area contributed by atoms with Crippen molar-refractivity contribution in [3.8, 4) is 5.75 Å². The topological polar surface area (TPSA) is 275 Å². The minimum absolute atomic E-state index is 0.0503. The first-order valence-corrected chi connectivity index (χ1v) is 41.6. The molecule has 4 aromatic rings. The Kier molecular flexibility index (Phi) is 34.4. The van der Waals surface area contributed by atoms with Crippen LogP contribution in [0.3, 0.4) is 0 Å². The van der Waals surface area contributed by atoms with Gasteiger partial charge in [-0.3, -0.25) is 28.8 Å². The second-order valence-electron chi connectivity index (χ2n) is 29.6. The number of nitrogens with zero attached hydrogens (tertiary/aromatic N) is 1. The summed E-state index contributed by atoms with van der Waals surface area (Å²) in [6.07, 6.45) is 5.03. The van der Waals surface area contributed by atoms with Gasteiger partial charge in [-0.05, 0) is 135 Å². The number of ether oxygens (including phenoxy) is 3. The van der Waals surface area contributed by atoms with Crippen molar-refractivity contribution < 1.29 is 66.2 Å². The largest absolute Gasteiger partial charge is 0.534 e. The first-order chi connectivity index (χ1) is 47.9. The van der Waals surface area contributed by atoms with Gasteiger partial charge in [0, 0.05) is 32.9 Å². The SMILES string of the molecule is C=CCOC(=O)/C(=C\C)NC(=O)[C@@H](NC(=O)[C@H](CCSC)NC(=O)CCCCC)[C@@H](C)OC(=O)[C@@H](NC(=O)[C@H](Cc1ccc(O[Si](c2ccccc2)(c2ccccc2)C(C)(C)C)cc1)N(C)C(=O)[C@H](Cc1ccccc1)NC(=O)[C@H](CCCO[Si](C)(C)C(C)(C)C)NC(=O)OC(C)(C)C)C(C)C. The van der Waals surface area contributed by atoms with Gasteiger partial charge in [0.1, 0.15) is 66.0 Å². The van der Waals surface area contributed by atoms with E-state index in [9.17, 15) is 33.6 Å². The Morgan fingerprint density at radius 2 is 1.18 bits per heavy atom. The minimum atomic E-state index is -3.13. The molecule has 102 heavy (non-hydrogen) atoms. The number of carbonyl (C=O) groups is 9. The number of likely N-dealkylation sites (N-methyl/N-ethyl adjacent to an activating group) is 1. The van der Waals surface area contributed by atoms with Crippen LogP contribution in [0.5, 0.6) is 5.75 Å². The maximum Gasteiger partial charge on any atom is 0.408 e. The Morgan fingerprint density at radius 1 is 0.627 bits per heavy atom. The summed E-state index contributed by atoms with van der Waals surface area (Å²) < 4.78 is 30.7. The molecule has 0 fully saturated rings. The fraction of sp³-hybridized carbons (Fsp3) is 0.526. The summed E-state index contributed by atoms with van der Waals surface area (Å²) in [6.45, 7) is 34.1. The third-order valence-electron chi connectivity index (χ3n) is 17.9. The Bertz CT molecular complexity index is 3370. The van der Waals surface area contributed by atoms with Gasteiger partial charge in [0.05, 0.1) is 0 Å². The van der Waals surface area contributed by atoms with Crippen LogP contribution >= 0.6 is 11.8 Å². The maximum atomic E-state index is 15.7. The van der Waals surface area contributed by atoms with E-state index in [1.54, 1.807) is 58.9 Å². The van der Waals surface area contributed by atoms with Gasteiger partial charge in [-0.25, -0.2) is 14.4 Å². The Hall–Kier alpha value is -8.07. The normalized spacial score (nSPS) is 14.2. The molecule has 4 aromatic carbocycles. The molecule has 0 aliphatic heterocycles. The first kappa shape index (κ1) is 86.3. The quantitative estimate of drug-likeness (QED) is 0.00605. The second kappa shape index (κ2) is 40.7. The molecule has 0 spiro atoms. The van der Waals surface area contributed by atoms with E-state index >= 15 is 9.59 Å². The molecule has 0 saturated carbocycles. The van der Waals surface area contributed by atoms with Crippen molar-refractivity contribution >= 4 is 92.2 Å². The Labute approximate surface area is 612 Å². The van der Waals surface area contributed by atoms with Gasteiger partial charge in [0.25, 0.3) is 5.91 Å². The van der Waals surface area contributed by atoms with Crippen LogP contribution in [0, 0.1) is 5.92 Å². The number of nitrogens with one attached hydrogen (secondary N) is 6. The molecule has 0 radical (unpaired) electrons. The molecule has 0 saturated heterocycles. The lowest BCUT2D eigenvalue weighted by Gasteiger charge is -2.43. The van der Waals surface area contributed by atoms with Crippen LogP contribution < -0.4 is 46.7 Å². The van der Waals surface area contributed by atoms with Gasteiger partial charge >= 0.3 is 26.3 Å². The molecule has 7 atom stereocenters. The van der Waals surface area contributed by atoms with Crippen molar-refractivity contribution in [3.63, 3.8) is 0 Å². The number of hydrogen-bond donors (Lipinski definition) is 6. The van der Waals surface area contributed by atoms with Crippen molar-refractivity contribution in [2.24, 2.45) is 5.92 Å². The number of amides is 7. The van der Waals surface area contributed by atoms with E-state index in [4.69, 9.17) is 23.1 Å². The van der Waals surface area contributed by atoms with Crippen LogP contribution in [0.25, 0.3) is 0 Å². The lowest BCUT2D eigenvalue weighted by atomic mass is 9.99. The number of alkyl carbamates (subject to hydrolysis) is 1. The third-order valence-corrected chi connectivity index (χ3v) is 28.0. The molecule has 4 rings (SSSR count). The summed E-state index contributed by atoms with van der Waals surface area (Å²) in [5.74, 6) is -5.92. The molecule has 0 heterocycles. The number of hydrogen-bond acceptors (Lipinski definition) is 15. The van der Waals surface area contributed by atoms with Crippen molar-refractivity contribution in [2.45, 2.75) is 226 Å². The molecular formula is C78H115N7O14SSi2. The first-order valence-electron chi connectivity index (χ1n) is 35.4. The van der Waals surface area contributed by atoms with Crippen molar-refractivity contribution in [2.75, 3.05) is 32.3 Å². The van der Waals surface area contributed by atoms with Crippen molar-refractivity contribution in [3.05, 3.63) is 151 Å². The highest BCUT2D eigenvalue weighted by Crippen LogP contribution is 2.39. The Balaban J connectivity index is 1.86. The highest BCUT2D eigenvalue weighted by molar-refractivity contribution is 7.98. The fourth-order valence-corrected chi connectivity index (χ4v) is 17.1. The monoisotopic (exact) mass is 1460 g/mol. The molecule has 7 amide bonds. The van der Waals surface area contributed by atoms with Crippen LogP contribution in [0.4, 0.5) is 4.79 Å². The molecule has 0 aliphatic carbocycles. The van der Waals surface area contributed by atoms with E-state index in [1.165, 1.54) is 49.7 Å². The van der Waals surface area contributed by atoms with Crippen LogP contribution in [0.2, 0.25) is 23.2 Å². The summed E-state index contributed by atoms with van der Waals surface area (Å²) in [4.78, 5) is 131. The van der Waals surface area contributed by atoms with Crippen LogP contribution in [0.15, 0.2) is 140 Å². The van der Waals surface area contributed by atoms with Gasteiger partial charge in [0.2, 0.25) is 29.5 Å². The number of rotatable bonds is 39. The molecule has 24 heteroatoms. The standard InChI is InChI=1S/C78H115N7O14SSi2/c1-20-23-27-42-65(86)79-62(47-50-100-17)69(88)84-67(71(90)80-60(22-3)73(92)95-48-21-2)54(6)97-74(93)66(53(4)5)83-70(89)64(52-56-43-45-57(46-44-56)99-102(78(13,14)15,58-37-30-25-31-38-58)59-39-32-26-33-40-59)85(16)72(91)63(51-55-35-28-24-29-36-55)81-68(87)61(82-75(94)98-76(7,8)9)41-34-49-96-101(18,19)77(10,11)12/h21-22,24-26,28-33,35-40,43-46,53-54,61-64,66-67H,2,20,23,27,34,41-42,47-52H2,1,3-19H3,(H,79,86)(H,80,90)(H,81,87)(H,82,94)(H,83,89)(H,84,88)/b60-22+/t54-,61+,62+,63+,64+,66+,67+/m1/s1. The predicted octanol–water partition coefficient (Wildman–Crippen LogP) is 10.5. The zero-order valence-electron chi connectivity index (χ0n) is 63.5. The second-order valence-corrected chi connectivity index (χ2v) is 39.6. The average molecular weight is 1460 g/mol. The lowest BCUT2D eigenvalue weighted by molar-refractivity contribution is -0.157. The number of thioether (sulfide) groups is 1. The zero-order valence-corrected chi connectivity index (χ0v) is 66.3. The van der Waals surface area contributed by atoms with E-state index in [1.807, 2.05) is 79.9 Å². The number of esters is 2. The number of benzene rings is 4. The predicted molar refractivity (Wildman–Crippen MR) is 409 cm³/mol. The van der Waals surface area contributed by atoms with Gasteiger partial charge < -0.3 is 59.9 Å². The highest BCUT2D eigenvalue weighted by atomic mass is 32.2. The number of allylic oxidation sites excluding steroid dienone is 1. The van der Waals surface area contributed by atoms with Crippen LogP contribution in [0.1, 0.15) is 153 Å². The Morgan fingerprint density at radius 3 is 1.70 bits per heavy atom. The van der Waals surface area contributed by atoms with Gasteiger partial charge in [-0.1, -0.05) is 197 Å². The molecule has 21 nitrogen and oxygen atoms in total. The maximum absolute atomic E-state index is 15.7. The molecular weight excluding hydrogens is 1350 g/mol. The summed E-state index contributed by atoms with van der Waals surface area (Å²) in [7, 11) is -3.90. The lowest BCUT2D eigenvalue weighted by Crippen LogP contribution is -2.68.